The van der Waals surface area contributed by atoms with Crippen LogP contribution >= 0.6 is 0 Å². The minimum atomic E-state index is -4.46. The molecule has 8 heteroatoms. The molecule has 1 aromatic carbocycles. The third-order valence-corrected chi connectivity index (χ3v) is 5.12. The van der Waals surface area contributed by atoms with E-state index in [4.69, 9.17) is 0 Å². The summed E-state index contributed by atoms with van der Waals surface area (Å²) in [4.78, 5) is 13.1. The van der Waals surface area contributed by atoms with Crippen LogP contribution in [0.1, 0.15) is 36.4 Å². The molecule has 0 amide bonds. The van der Waals surface area contributed by atoms with Crippen LogP contribution in [-0.2, 0) is 11.0 Å². The van der Waals surface area contributed by atoms with E-state index < -0.39 is 29.9 Å². The Balaban J connectivity index is 0.00000208. The van der Waals surface area contributed by atoms with Crippen molar-refractivity contribution in [2.75, 3.05) is 13.1 Å². The number of benzene rings is 1. The SMILES string of the molecule is O=C([O-])C(c1ccc(C(F)(F)F)cc1)N1CC(O)C2(CCC2)C1.[K+]. The zero-order valence-corrected chi connectivity index (χ0v) is 16.5. The van der Waals surface area contributed by atoms with Crippen LogP contribution in [0.3, 0.4) is 0 Å². The van der Waals surface area contributed by atoms with Gasteiger partial charge in [-0.05, 0) is 30.5 Å². The van der Waals surface area contributed by atoms with Gasteiger partial charge in [-0.1, -0.05) is 18.6 Å². The number of carboxylic acid groups (broad SMARTS) is 1. The fourth-order valence-electron chi connectivity index (χ4n) is 3.66. The van der Waals surface area contributed by atoms with Crippen molar-refractivity contribution in [3.8, 4) is 0 Å². The van der Waals surface area contributed by atoms with Gasteiger partial charge in [0.2, 0.25) is 0 Å². The van der Waals surface area contributed by atoms with Gasteiger partial charge < -0.3 is 15.0 Å². The van der Waals surface area contributed by atoms with E-state index in [1.54, 1.807) is 4.90 Å². The van der Waals surface area contributed by atoms with Crippen molar-refractivity contribution < 1.29 is 79.6 Å². The van der Waals surface area contributed by atoms with Crippen LogP contribution in [0.2, 0.25) is 0 Å². The smallest absolute Gasteiger partial charge is 0.548 e. The Bertz CT molecular complexity index is 602. The van der Waals surface area contributed by atoms with Gasteiger partial charge in [-0.25, -0.2) is 0 Å². The number of carbonyl (C=O) groups is 1. The average Bonchev–Trinajstić information content (AvgIpc) is 2.75. The van der Waals surface area contributed by atoms with Gasteiger partial charge >= 0.3 is 57.6 Å². The third-order valence-electron chi connectivity index (χ3n) is 5.12. The summed E-state index contributed by atoms with van der Waals surface area (Å²) in [6, 6.07) is 2.93. The first-order valence-corrected chi connectivity index (χ1v) is 7.53. The maximum atomic E-state index is 12.6. The van der Waals surface area contributed by atoms with Crippen molar-refractivity contribution in [1.82, 2.24) is 4.90 Å². The molecule has 1 spiro atoms. The van der Waals surface area contributed by atoms with Crippen molar-refractivity contribution >= 4 is 5.97 Å². The number of aliphatic hydroxyl groups is 1. The summed E-state index contributed by atoms with van der Waals surface area (Å²) in [5, 5.41) is 21.7. The van der Waals surface area contributed by atoms with Crippen molar-refractivity contribution in [3.05, 3.63) is 35.4 Å². The van der Waals surface area contributed by atoms with E-state index in [1.165, 1.54) is 12.1 Å². The van der Waals surface area contributed by atoms with Gasteiger partial charge in [-0.3, -0.25) is 4.90 Å². The molecule has 1 N–H and O–H groups in total. The first kappa shape index (κ1) is 20.3. The van der Waals surface area contributed by atoms with Gasteiger partial charge in [0.15, 0.2) is 0 Å². The summed E-state index contributed by atoms with van der Waals surface area (Å²) >= 11 is 0. The Morgan fingerprint density at radius 3 is 2.25 bits per heavy atom. The molecule has 1 heterocycles. The minimum Gasteiger partial charge on any atom is -0.548 e. The van der Waals surface area contributed by atoms with Crippen molar-refractivity contribution in [1.29, 1.82) is 0 Å². The Morgan fingerprint density at radius 2 is 1.88 bits per heavy atom. The zero-order chi connectivity index (χ0) is 16.8. The fourth-order valence-corrected chi connectivity index (χ4v) is 3.66. The summed E-state index contributed by atoms with van der Waals surface area (Å²) in [7, 11) is 0. The Morgan fingerprint density at radius 1 is 1.29 bits per heavy atom. The van der Waals surface area contributed by atoms with E-state index in [2.05, 4.69) is 0 Å². The maximum absolute atomic E-state index is 12.6. The first-order valence-electron chi connectivity index (χ1n) is 7.53. The zero-order valence-electron chi connectivity index (χ0n) is 13.3. The molecule has 1 saturated heterocycles. The molecule has 2 atom stereocenters. The number of aliphatic carboxylic acids is 1. The van der Waals surface area contributed by atoms with Gasteiger partial charge in [0.25, 0.3) is 0 Å². The van der Waals surface area contributed by atoms with Crippen LogP contribution in [0.25, 0.3) is 0 Å². The molecular formula is C16H17F3KNO3. The van der Waals surface area contributed by atoms with Crippen molar-refractivity contribution in [2.45, 2.75) is 37.6 Å². The van der Waals surface area contributed by atoms with Crippen LogP contribution in [0.15, 0.2) is 24.3 Å². The predicted octanol–water partition coefficient (Wildman–Crippen LogP) is -1.65. The normalized spacial score (nSPS) is 24.2. The molecule has 126 valence electrons. The van der Waals surface area contributed by atoms with E-state index >= 15 is 0 Å². The molecule has 2 unspecified atom stereocenters. The third kappa shape index (κ3) is 3.74. The molecule has 24 heavy (non-hydrogen) atoms. The number of β-amino-alcohol motifs (C(OH)–C–C–N with tert-alkyl or cyclic N) is 1. The van der Waals surface area contributed by atoms with E-state index in [1.807, 2.05) is 0 Å². The average molecular weight is 367 g/mol. The van der Waals surface area contributed by atoms with Crippen LogP contribution in [0.4, 0.5) is 13.2 Å². The largest absolute Gasteiger partial charge is 1.00 e. The summed E-state index contributed by atoms with van der Waals surface area (Å²) in [5.41, 5.74) is -0.851. The number of alkyl halides is 3. The number of halogens is 3. The van der Waals surface area contributed by atoms with E-state index in [0.717, 1.165) is 31.4 Å². The number of carboxylic acids is 1. The molecular weight excluding hydrogens is 350 g/mol. The molecule has 0 aromatic heterocycles. The molecule has 1 saturated carbocycles. The maximum Gasteiger partial charge on any atom is 1.00 e. The predicted molar refractivity (Wildman–Crippen MR) is 73.1 cm³/mol. The molecule has 4 nitrogen and oxygen atoms in total. The number of likely N-dealkylation sites (tertiary alicyclic amines) is 1. The van der Waals surface area contributed by atoms with Crippen LogP contribution in [0, 0.1) is 5.41 Å². The molecule has 1 aromatic rings. The molecule has 2 fully saturated rings. The number of hydrogen-bond donors (Lipinski definition) is 1. The standard InChI is InChI=1S/C16H18F3NO3.K/c17-16(18,19)11-4-2-10(3-5-11)13(14(22)23)20-8-12(21)15(9-20)6-1-7-15;/h2-5,12-13,21H,1,6-9H2,(H,22,23);/q;+1/p-1. The fraction of sp³-hybridized carbons (Fsp3) is 0.562. The molecule has 1 aliphatic carbocycles. The topological polar surface area (TPSA) is 63.6 Å². The van der Waals surface area contributed by atoms with Crippen LogP contribution < -0.4 is 56.5 Å². The number of rotatable bonds is 3. The molecule has 0 radical (unpaired) electrons. The van der Waals surface area contributed by atoms with Crippen molar-refractivity contribution in [3.63, 3.8) is 0 Å². The monoisotopic (exact) mass is 367 g/mol. The van der Waals surface area contributed by atoms with Gasteiger partial charge in [0.1, 0.15) is 0 Å². The van der Waals surface area contributed by atoms with Crippen molar-refractivity contribution in [2.24, 2.45) is 5.41 Å². The summed E-state index contributed by atoms with van der Waals surface area (Å²) in [6.07, 6.45) is -2.38. The van der Waals surface area contributed by atoms with Gasteiger partial charge in [-0.15, -0.1) is 0 Å². The second-order valence-electron chi connectivity index (χ2n) is 6.50. The number of nitrogens with zero attached hydrogens (tertiary/aromatic N) is 1. The summed E-state index contributed by atoms with van der Waals surface area (Å²) < 4.78 is 37.8. The van der Waals surface area contributed by atoms with Crippen LogP contribution in [0.5, 0.6) is 0 Å². The second kappa shape index (κ2) is 7.34. The summed E-state index contributed by atoms with van der Waals surface area (Å²) in [5.74, 6) is -1.37. The number of carbonyl (C=O) groups excluding carboxylic acids is 1. The van der Waals surface area contributed by atoms with Gasteiger partial charge in [0, 0.05) is 18.5 Å². The van der Waals surface area contributed by atoms with E-state index in [9.17, 15) is 28.2 Å². The summed E-state index contributed by atoms with van der Waals surface area (Å²) in [6.45, 7) is 0.619. The van der Waals surface area contributed by atoms with Gasteiger partial charge in [0.05, 0.1) is 23.7 Å². The Hall–Kier alpha value is 0.0364. The second-order valence-corrected chi connectivity index (χ2v) is 6.50. The minimum absolute atomic E-state index is 0. The number of hydrogen-bond acceptors (Lipinski definition) is 4. The van der Waals surface area contributed by atoms with Crippen LogP contribution in [-0.4, -0.2) is 35.2 Å². The van der Waals surface area contributed by atoms with E-state index in [-0.39, 0.29) is 68.9 Å². The first-order chi connectivity index (χ1) is 10.7. The molecule has 3 rings (SSSR count). The molecule has 2 aliphatic rings. The Kier molecular flexibility index (Phi) is 6.22. The van der Waals surface area contributed by atoms with E-state index in [0.29, 0.717) is 6.54 Å². The molecule has 1 aliphatic heterocycles. The van der Waals surface area contributed by atoms with Gasteiger partial charge in [-0.2, -0.15) is 13.2 Å². The quantitative estimate of drug-likeness (QED) is 0.650. The molecule has 0 bridgehead atoms. The Labute approximate surface area is 180 Å². The number of aliphatic hydroxyl groups excluding tert-OH is 1.